The van der Waals surface area contributed by atoms with Crippen LogP contribution < -0.4 is 5.32 Å². The fraction of sp³-hybridized carbons (Fsp3) is 0.385. The summed E-state index contributed by atoms with van der Waals surface area (Å²) in [5.74, 6) is 0.712. The molecule has 2 atom stereocenters. The van der Waals surface area contributed by atoms with Gasteiger partial charge in [0.15, 0.2) is 0 Å². The van der Waals surface area contributed by atoms with Crippen molar-refractivity contribution in [2.75, 3.05) is 0 Å². The zero-order valence-corrected chi connectivity index (χ0v) is 10.2. The first kappa shape index (κ1) is 11.3. The zero-order valence-electron chi connectivity index (χ0n) is 10.2. The van der Waals surface area contributed by atoms with E-state index in [2.05, 4.69) is 20.5 Å². The summed E-state index contributed by atoms with van der Waals surface area (Å²) in [5.41, 5.74) is 1.92. The molecule has 1 aromatic carbocycles. The van der Waals surface area contributed by atoms with Crippen molar-refractivity contribution in [2.45, 2.75) is 31.8 Å². The van der Waals surface area contributed by atoms with Gasteiger partial charge in [-0.05, 0) is 37.0 Å². The lowest BCUT2D eigenvalue weighted by Crippen LogP contribution is -2.23. The number of rotatable bonds is 3. The molecule has 0 amide bonds. The maximum absolute atomic E-state index is 13.6. The number of aromatic nitrogens is 3. The highest BCUT2D eigenvalue weighted by Crippen LogP contribution is 2.33. The van der Waals surface area contributed by atoms with Crippen molar-refractivity contribution in [3.63, 3.8) is 0 Å². The third-order valence-electron chi connectivity index (χ3n) is 3.51. The van der Waals surface area contributed by atoms with E-state index >= 15 is 0 Å². The molecule has 1 aliphatic rings. The number of hydrogen-bond donors (Lipinski definition) is 2. The van der Waals surface area contributed by atoms with Crippen LogP contribution in [0.2, 0.25) is 0 Å². The number of nitrogens with zero attached hydrogens (tertiary/aromatic N) is 2. The zero-order chi connectivity index (χ0) is 12.5. The van der Waals surface area contributed by atoms with Gasteiger partial charge in [-0.1, -0.05) is 12.1 Å². The minimum Gasteiger partial charge on any atom is -0.301 e. The normalized spacial score (nSPS) is 19.8. The molecular formula is C13H15FN4. The van der Waals surface area contributed by atoms with E-state index in [1.165, 1.54) is 12.4 Å². The van der Waals surface area contributed by atoms with E-state index < -0.39 is 0 Å². The summed E-state index contributed by atoms with van der Waals surface area (Å²) in [5, 5.41) is 10.2. The minimum atomic E-state index is -0.0934. The van der Waals surface area contributed by atoms with E-state index in [-0.39, 0.29) is 17.9 Å². The predicted molar refractivity (Wildman–Crippen MR) is 65.4 cm³/mol. The average molecular weight is 246 g/mol. The summed E-state index contributed by atoms with van der Waals surface area (Å²) in [6, 6.07) is 5.56. The molecule has 3 rings (SSSR count). The quantitative estimate of drug-likeness (QED) is 0.873. The fourth-order valence-electron chi connectivity index (χ4n) is 2.59. The number of halogens is 1. The van der Waals surface area contributed by atoms with Crippen molar-refractivity contribution < 1.29 is 4.39 Å². The lowest BCUT2D eigenvalue weighted by molar-refractivity contribution is 0.451. The Kier molecular flexibility index (Phi) is 2.83. The first-order valence-electron chi connectivity index (χ1n) is 6.14. The van der Waals surface area contributed by atoms with Crippen molar-refractivity contribution >= 4 is 0 Å². The molecule has 1 aliphatic carbocycles. The van der Waals surface area contributed by atoms with Gasteiger partial charge in [0.05, 0.1) is 6.04 Å². The molecule has 0 bridgehead atoms. The number of benzene rings is 1. The Morgan fingerprint density at radius 1 is 1.50 bits per heavy atom. The van der Waals surface area contributed by atoms with Crippen LogP contribution in [0.3, 0.4) is 0 Å². The molecule has 0 saturated heterocycles. The number of aromatic amines is 1. The van der Waals surface area contributed by atoms with Crippen molar-refractivity contribution in [1.29, 1.82) is 0 Å². The molecule has 0 spiro atoms. The highest BCUT2D eigenvalue weighted by atomic mass is 19.1. The van der Waals surface area contributed by atoms with Gasteiger partial charge in [-0.25, -0.2) is 9.37 Å². The Labute approximate surface area is 105 Å². The molecule has 1 heterocycles. The monoisotopic (exact) mass is 246 g/mol. The van der Waals surface area contributed by atoms with Gasteiger partial charge in [0.1, 0.15) is 18.0 Å². The van der Waals surface area contributed by atoms with Crippen LogP contribution in [0.5, 0.6) is 0 Å². The topological polar surface area (TPSA) is 53.6 Å². The molecular weight excluding hydrogens is 231 g/mol. The van der Waals surface area contributed by atoms with Gasteiger partial charge in [0.25, 0.3) is 0 Å². The van der Waals surface area contributed by atoms with Gasteiger partial charge < -0.3 is 5.32 Å². The molecule has 0 saturated carbocycles. The summed E-state index contributed by atoms with van der Waals surface area (Å²) in [4.78, 5) is 4.13. The first-order chi connectivity index (χ1) is 8.75. The fourth-order valence-corrected chi connectivity index (χ4v) is 2.59. The number of fused-ring (bicyclic) bond motifs is 1. The van der Waals surface area contributed by atoms with Crippen molar-refractivity contribution in [3.8, 4) is 0 Å². The molecule has 5 heteroatoms. The Morgan fingerprint density at radius 2 is 2.39 bits per heavy atom. The van der Waals surface area contributed by atoms with E-state index in [1.54, 1.807) is 6.07 Å². The van der Waals surface area contributed by atoms with Crippen LogP contribution in [0.1, 0.15) is 42.4 Å². The summed E-state index contributed by atoms with van der Waals surface area (Å²) in [6.45, 7) is 2.03. The SMILES string of the molecule is CC(NC1CCc2c(F)cccc21)c1ncn[nH]1. The largest absolute Gasteiger partial charge is 0.301 e. The van der Waals surface area contributed by atoms with Gasteiger partial charge in [-0.15, -0.1) is 0 Å². The molecule has 18 heavy (non-hydrogen) atoms. The lowest BCUT2D eigenvalue weighted by atomic mass is 10.1. The molecule has 94 valence electrons. The van der Waals surface area contributed by atoms with E-state index in [0.717, 1.165) is 29.8 Å². The smallest absolute Gasteiger partial charge is 0.141 e. The maximum atomic E-state index is 13.6. The van der Waals surface area contributed by atoms with E-state index in [4.69, 9.17) is 0 Å². The van der Waals surface area contributed by atoms with Crippen molar-refractivity contribution in [2.24, 2.45) is 0 Å². The van der Waals surface area contributed by atoms with Crippen molar-refractivity contribution in [1.82, 2.24) is 20.5 Å². The van der Waals surface area contributed by atoms with Gasteiger partial charge in [-0.3, -0.25) is 5.10 Å². The second-order valence-corrected chi connectivity index (χ2v) is 4.66. The number of hydrogen-bond acceptors (Lipinski definition) is 3. The maximum Gasteiger partial charge on any atom is 0.141 e. The molecule has 2 unspecified atom stereocenters. The van der Waals surface area contributed by atoms with E-state index in [1.807, 2.05) is 13.0 Å². The predicted octanol–water partition coefficient (Wildman–Crippen LogP) is 2.28. The molecule has 4 nitrogen and oxygen atoms in total. The third-order valence-corrected chi connectivity index (χ3v) is 3.51. The van der Waals surface area contributed by atoms with Gasteiger partial charge in [0, 0.05) is 6.04 Å². The summed E-state index contributed by atoms with van der Waals surface area (Å²) in [7, 11) is 0. The minimum absolute atomic E-state index is 0.0757. The Hall–Kier alpha value is -1.75. The summed E-state index contributed by atoms with van der Waals surface area (Å²) < 4.78 is 13.6. The molecule has 1 aromatic heterocycles. The van der Waals surface area contributed by atoms with E-state index in [0.29, 0.717) is 0 Å². The molecule has 2 aromatic rings. The standard InChI is InChI=1S/C13H15FN4/c1-8(13-15-7-16-18-13)17-12-6-5-9-10(12)3-2-4-11(9)14/h2-4,7-8,12,17H,5-6H2,1H3,(H,15,16,18). The highest BCUT2D eigenvalue weighted by Gasteiger charge is 2.26. The Balaban J connectivity index is 1.79. The highest BCUT2D eigenvalue weighted by molar-refractivity contribution is 5.35. The van der Waals surface area contributed by atoms with Crippen LogP contribution >= 0.6 is 0 Å². The van der Waals surface area contributed by atoms with Gasteiger partial charge in [0.2, 0.25) is 0 Å². The Morgan fingerprint density at radius 3 is 3.17 bits per heavy atom. The average Bonchev–Trinajstić information content (AvgIpc) is 2.99. The second kappa shape index (κ2) is 4.49. The number of H-pyrrole nitrogens is 1. The first-order valence-corrected chi connectivity index (χ1v) is 6.14. The summed E-state index contributed by atoms with van der Waals surface area (Å²) >= 11 is 0. The van der Waals surface area contributed by atoms with Crippen LogP contribution in [0.15, 0.2) is 24.5 Å². The molecule has 0 fully saturated rings. The van der Waals surface area contributed by atoms with Crippen LogP contribution in [0.4, 0.5) is 4.39 Å². The number of nitrogens with one attached hydrogen (secondary N) is 2. The van der Waals surface area contributed by atoms with E-state index in [9.17, 15) is 4.39 Å². The lowest BCUT2D eigenvalue weighted by Gasteiger charge is -2.18. The Bertz CT molecular complexity index is 538. The van der Waals surface area contributed by atoms with Gasteiger partial charge >= 0.3 is 0 Å². The molecule has 2 N–H and O–H groups in total. The summed E-state index contributed by atoms with van der Waals surface area (Å²) in [6.07, 6.45) is 3.22. The second-order valence-electron chi connectivity index (χ2n) is 4.66. The van der Waals surface area contributed by atoms with Crippen LogP contribution in [-0.2, 0) is 6.42 Å². The van der Waals surface area contributed by atoms with Crippen molar-refractivity contribution in [3.05, 3.63) is 47.3 Å². The van der Waals surface area contributed by atoms with Crippen LogP contribution in [0, 0.1) is 5.82 Å². The molecule has 0 aliphatic heterocycles. The van der Waals surface area contributed by atoms with Gasteiger partial charge in [-0.2, -0.15) is 5.10 Å². The van der Waals surface area contributed by atoms with Crippen LogP contribution in [0.25, 0.3) is 0 Å². The third kappa shape index (κ3) is 1.90. The molecule has 0 radical (unpaired) electrons. The van der Waals surface area contributed by atoms with Crippen LogP contribution in [-0.4, -0.2) is 15.2 Å².